The van der Waals surface area contributed by atoms with Crippen LogP contribution in [0.5, 0.6) is 0 Å². The molecule has 4 heteroatoms. The molecule has 0 aliphatic rings. The van der Waals surface area contributed by atoms with Crippen molar-refractivity contribution in [3.8, 4) is 0 Å². The van der Waals surface area contributed by atoms with Crippen LogP contribution in [0, 0.1) is 0 Å². The van der Waals surface area contributed by atoms with Gasteiger partial charge >= 0.3 is 0 Å². The first-order valence-corrected chi connectivity index (χ1v) is 6.24. The van der Waals surface area contributed by atoms with Gasteiger partial charge in [-0.2, -0.15) is 0 Å². The molecule has 1 aromatic rings. The van der Waals surface area contributed by atoms with Gasteiger partial charge in [0.1, 0.15) is 4.99 Å². The Labute approximate surface area is 109 Å². The molecule has 17 heavy (non-hydrogen) atoms. The van der Waals surface area contributed by atoms with Crippen LogP contribution in [-0.2, 0) is 4.74 Å². The van der Waals surface area contributed by atoms with Crippen molar-refractivity contribution in [2.24, 2.45) is 5.73 Å². The average Bonchev–Trinajstić information content (AvgIpc) is 2.34. The third-order valence-electron chi connectivity index (χ3n) is 2.58. The number of nitrogens with two attached hydrogens (primary N) is 1. The lowest BCUT2D eigenvalue weighted by atomic mass is 10.2. The van der Waals surface area contributed by atoms with Crippen molar-refractivity contribution in [2.75, 3.05) is 31.7 Å². The summed E-state index contributed by atoms with van der Waals surface area (Å²) in [6, 6.07) is 7.98. The van der Waals surface area contributed by atoms with E-state index in [1.165, 1.54) is 5.69 Å². The summed E-state index contributed by atoms with van der Waals surface area (Å²) in [5, 5.41) is 0. The largest absolute Gasteiger partial charge is 0.389 e. The highest BCUT2D eigenvalue weighted by Gasteiger charge is 2.01. The smallest absolute Gasteiger partial charge is 0.103 e. The second-order valence-corrected chi connectivity index (χ2v) is 4.32. The second kappa shape index (κ2) is 7.25. The molecule has 0 spiro atoms. The quantitative estimate of drug-likeness (QED) is 0.596. The Morgan fingerprint density at radius 2 is 2.00 bits per heavy atom. The fourth-order valence-corrected chi connectivity index (χ4v) is 1.69. The number of rotatable bonds is 7. The van der Waals surface area contributed by atoms with Crippen LogP contribution in [0.15, 0.2) is 24.3 Å². The van der Waals surface area contributed by atoms with Crippen LogP contribution in [0.4, 0.5) is 5.69 Å². The number of ether oxygens (including phenoxy) is 1. The van der Waals surface area contributed by atoms with Crippen LogP contribution < -0.4 is 10.6 Å². The Morgan fingerprint density at radius 1 is 1.35 bits per heavy atom. The summed E-state index contributed by atoms with van der Waals surface area (Å²) in [7, 11) is 2.07. The second-order valence-electron chi connectivity index (χ2n) is 3.88. The Kier molecular flexibility index (Phi) is 5.94. The molecule has 0 saturated carbocycles. The lowest BCUT2D eigenvalue weighted by molar-refractivity contribution is 0.146. The number of benzene rings is 1. The molecule has 0 saturated heterocycles. The van der Waals surface area contributed by atoms with Gasteiger partial charge in [0.2, 0.25) is 0 Å². The van der Waals surface area contributed by atoms with E-state index < -0.39 is 0 Å². The van der Waals surface area contributed by atoms with Gasteiger partial charge in [0.15, 0.2) is 0 Å². The third-order valence-corrected chi connectivity index (χ3v) is 2.81. The molecule has 0 atom stereocenters. The molecule has 94 valence electrons. The van der Waals surface area contributed by atoms with E-state index in [4.69, 9.17) is 22.7 Å². The van der Waals surface area contributed by atoms with E-state index in [9.17, 15) is 0 Å². The van der Waals surface area contributed by atoms with Crippen molar-refractivity contribution in [1.29, 1.82) is 0 Å². The molecular weight excluding hydrogens is 232 g/mol. The van der Waals surface area contributed by atoms with E-state index in [2.05, 4.69) is 11.9 Å². The highest BCUT2D eigenvalue weighted by molar-refractivity contribution is 7.80. The molecule has 0 aromatic heterocycles. The van der Waals surface area contributed by atoms with Crippen LogP contribution >= 0.6 is 12.2 Å². The van der Waals surface area contributed by atoms with E-state index >= 15 is 0 Å². The number of hydrogen-bond donors (Lipinski definition) is 1. The van der Waals surface area contributed by atoms with Crippen LogP contribution in [0.1, 0.15) is 18.9 Å². The SMILES string of the molecule is CCOCCCN(C)c1ccc(C(N)=S)cc1. The van der Waals surface area contributed by atoms with Crippen molar-refractivity contribution in [1.82, 2.24) is 0 Å². The first-order chi connectivity index (χ1) is 8.15. The van der Waals surface area contributed by atoms with Gasteiger partial charge in [-0.15, -0.1) is 0 Å². The summed E-state index contributed by atoms with van der Waals surface area (Å²) in [5.74, 6) is 0. The fourth-order valence-electron chi connectivity index (χ4n) is 1.56. The van der Waals surface area contributed by atoms with Crippen LogP contribution in [0.25, 0.3) is 0 Å². The maximum Gasteiger partial charge on any atom is 0.103 e. The van der Waals surface area contributed by atoms with Crippen molar-refractivity contribution < 1.29 is 4.74 Å². The number of hydrogen-bond acceptors (Lipinski definition) is 3. The highest BCUT2D eigenvalue weighted by atomic mass is 32.1. The first kappa shape index (κ1) is 13.9. The first-order valence-electron chi connectivity index (χ1n) is 5.84. The molecule has 0 fully saturated rings. The molecular formula is C13H20N2OS. The van der Waals surface area contributed by atoms with Gasteiger partial charge in [-0.1, -0.05) is 12.2 Å². The van der Waals surface area contributed by atoms with E-state index in [1.54, 1.807) is 0 Å². The Bertz CT molecular complexity index is 351. The fraction of sp³-hybridized carbons (Fsp3) is 0.462. The lowest BCUT2D eigenvalue weighted by Crippen LogP contribution is -2.20. The summed E-state index contributed by atoms with van der Waals surface area (Å²) in [6.07, 6.45) is 1.03. The summed E-state index contributed by atoms with van der Waals surface area (Å²) < 4.78 is 5.31. The maximum atomic E-state index is 5.55. The van der Waals surface area contributed by atoms with E-state index in [1.807, 2.05) is 31.2 Å². The molecule has 0 radical (unpaired) electrons. The Hall–Kier alpha value is -1.13. The molecule has 0 unspecified atom stereocenters. The predicted octanol–water partition coefficient (Wildman–Crippen LogP) is 2.18. The van der Waals surface area contributed by atoms with Crippen LogP contribution in [0.2, 0.25) is 0 Å². The minimum atomic E-state index is 0.440. The monoisotopic (exact) mass is 252 g/mol. The van der Waals surface area contributed by atoms with Crippen molar-refractivity contribution in [2.45, 2.75) is 13.3 Å². The number of nitrogens with zero attached hydrogens (tertiary/aromatic N) is 1. The predicted molar refractivity (Wildman–Crippen MR) is 76.7 cm³/mol. The summed E-state index contributed by atoms with van der Waals surface area (Å²) >= 11 is 4.92. The van der Waals surface area contributed by atoms with Gasteiger partial charge in [-0.25, -0.2) is 0 Å². The molecule has 0 bridgehead atoms. The van der Waals surface area contributed by atoms with E-state index in [-0.39, 0.29) is 0 Å². The van der Waals surface area contributed by atoms with E-state index in [0.717, 1.165) is 31.7 Å². The number of anilines is 1. The lowest BCUT2D eigenvalue weighted by Gasteiger charge is -2.19. The molecule has 0 amide bonds. The Balaban J connectivity index is 2.46. The van der Waals surface area contributed by atoms with Gasteiger partial charge in [0.25, 0.3) is 0 Å². The van der Waals surface area contributed by atoms with Crippen molar-refractivity contribution >= 4 is 22.9 Å². The van der Waals surface area contributed by atoms with Gasteiger partial charge in [0.05, 0.1) is 0 Å². The topological polar surface area (TPSA) is 38.5 Å². The molecule has 1 rings (SSSR count). The van der Waals surface area contributed by atoms with Gasteiger partial charge in [-0.3, -0.25) is 0 Å². The zero-order valence-electron chi connectivity index (χ0n) is 10.5. The van der Waals surface area contributed by atoms with Crippen LogP contribution in [-0.4, -0.2) is 31.8 Å². The Morgan fingerprint density at radius 3 is 2.53 bits per heavy atom. The zero-order valence-corrected chi connectivity index (χ0v) is 11.3. The average molecular weight is 252 g/mol. The molecule has 0 heterocycles. The maximum absolute atomic E-state index is 5.55. The molecule has 0 aliphatic heterocycles. The minimum absolute atomic E-state index is 0.440. The van der Waals surface area contributed by atoms with Crippen molar-refractivity contribution in [3.05, 3.63) is 29.8 Å². The van der Waals surface area contributed by atoms with Gasteiger partial charge in [-0.05, 0) is 37.6 Å². The molecule has 1 aromatic carbocycles. The number of thiocarbonyl (C=S) groups is 1. The van der Waals surface area contributed by atoms with Gasteiger partial charge in [0, 0.05) is 38.1 Å². The summed E-state index contributed by atoms with van der Waals surface area (Å²) in [5.41, 5.74) is 7.63. The van der Waals surface area contributed by atoms with Gasteiger partial charge < -0.3 is 15.4 Å². The minimum Gasteiger partial charge on any atom is -0.389 e. The van der Waals surface area contributed by atoms with Crippen LogP contribution in [0.3, 0.4) is 0 Å². The molecule has 0 aliphatic carbocycles. The summed E-state index contributed by atoms with van der Waals surface area (Å²) in [4.78, 5) is 2.64. The summed E-state index contributed by atoms with van der Waals surface area (Å²) in [6.45, 7) is 4.59. The molecule has 3 nitrogen and oxygen atoms in total. The molecule has 2 N–H and O–H groups in total. The normalized spacial score (nSPS) is 10.2. The standard InChI is InChI=1S/C13H20N2OS/c1-3-16-10-4-9-15(2)12-7-5-11(6-8-12)13(14)17/h5-8H,3-4,9-10H2,1-2H3,(H2,14,17). The van der Waals surface area contributed by atoms with E-state index in [0.29, 0.717) is 4.99 Å². The third kappa shape index (κ3) is 4.71. The zero-order chi connectivity index (χ0) is 12.7. The van der Waals surface area contributed by atoms with Crippen molar-refractivity contribution in [3.63, 3.8) is 0 Å². The highest BCUT2D eigenvalue weighted by Crippen LogP contribution is 2.14.